The van der Waals surface area contributed by atoms with Crippen LogP contribution >= 0.6 is 0 Å². The number of benzene rings is 1. The van der Waals surface area contributed by atoms with Crippen molar-refractivity contribution in [2.24, 2.45) is 0 Å². The molecule has 0 spiro atoms. The van der Waals surface area contributed by atoms with Crippen LogP contribution in [0.5, 0.6) is 5.75 Å². The number of phenols is 1. The van der Waals surface area contributed by atoms with Gasteiger partial charge in [0.25, 0.3) is 0 Å². The zero-order valence-electron chi connectivity index (χ0n) is 7.31. The number of rotatable bonds is 2. The lowest BCUT2D eigenvalue weighted by Gasteiger charge is -2.00. The van der Waals surface area contributed by atoms with E-state index in [2.05, 4.69) is 0 Å². The van der Waals surface area contributed by atoms with Gasteiger partial charge in [-0.15, -0.1) is 0 Å². The molecule has 1 aromatic heterocycles. The average Bonchev–Trinajstić information content (AvgIpc) is 2.71. The van der Waals surface area contributed by atoms with E-state index < -0.39 is 0 Å². The Balaban J connectivity index is 2.51. The topological polar surface area (TPSA) is 50.4 Å². The Morgan fingerprint density at radius 1 is 1.21 bits per heavy atom. The molecule has 2 rings (SSSR count). The summed E-state index contributed by atoms with van der Waals surface area (Å²) in [5.41, 5.74) is 2.01. The molecule has 0 amide bonds. The highest BCUT2D eigenvalue weighted by molar-refractivity contribution is 5.82. The summed E-state index contributed by atoms with van der Waals surface area (Å²) < 4.78 is 4.92. The molecule has 1 N–H and O–H groups in total. The van der Waals surface area contributed by atoms with E-state index in [1.807, 2.05) is 0 Å². The van der Waals surface area contributed by atoms with Crippen LogP contribution in [0.4, 0.5) is 0 Å². The second-order valence-electron chi connectivity index (χ2n) is 2.90. The fourth-order valence-electron chi connectivity index (χ4n) is 1.26. The van der Waals surface area contributed by atoms with Crippen LogP contribution in [0.2, 0.25) is 0 Å². The van der Waals surface area contributed by atoms with Crippen LogP contribution in [0, 0.1) is 0 Å². The van der Waals surface area contributed by atoms with Crippen molar-refractivity contribution >= 4 is 6.29 Å². The van der Waals surface area contributed by atoms with E-state index in [0.717, 1.165) is 11.1 Å². The van der Waals surface area contributed by atoms with Crippen molar-refractivity contribution in [1.29, 1.82) is 0 Å². The Bertz CT molecular complexity index is 444. The quantitative estimate of drug-likeness (QED) is 0.736. The molecule has 0 bridgehead atoms. The monoisotopic (exact) mass is 188 g/mol. The molecule has 0 aliphatic carbocycles. The van der Waals surface area contributed by atoms with E-state index >= 15 is 0 Å². The van der Waals surface area contributed by atoms with Gasteiger partial charge in [0.15, 0.2) is 6.29 Å². The Kier molecular flexibility index (Phi) is 2.07. The minimum atomic E-state index is -0.00718. The maximum Gasteiger partial charge on any atom is 0.153 e. The number of furan rings is 1. The predicted molar refractivity (Wildman–Crippen MR) is 51.2 cm³/mol. The molecule has 1 heterocycles. The van der Waals surface area contributed by atoms with E-state index in [1.54, 1.807) is 30.7 Å². The summed E-state index contributed by atoms with van der Waals surface area (Å²) >= 11 is 0. The van der Waals surface area contributed by atoms with E-state index in [9.17, 15) is 9.90 Å². The summed E-state index contributed by atoms with van der Waals surface area (Å²) in [6, 6.07) is 6.63. The summed E-state index contributed by atoms with van der Waals surface area (Å²) in [6.45, 7) is 0. The third kappa shape index (κ3) is 1.40. The van der Waals surface area contributed by atoms with Gasteiger partial charge in [0, 0.05) is 5.56 Å². The fraction of sp³-hybridized carbons (Fsp3) is 0. The number of aldehydes is 1. The molecule has 0 saturated carbocycles. The second-order valence-corrected chi connectivity index (χ2v) is 2.90. The number of aromatic hydroxyl groups is 1. The van der Waals surface area contributed by atoms with E-state index in [1.165, 1.54) is 6.07 Å². The maximum absolute atomic E-state index is 10.6. The SMILES string of the molecule is O=Cc1cc(-c2ccoc2)ccc1O. The first-order chi connectivity index (χ1) is 6.81. The highest BCUT2D eigenvalue weighted by atomic mass is 16.3. The summed E-state index contributed by atoms with van der Waals surface area (Å²) in [4.78, 5) is 10.6. The average molecular weight is 188 g/mol. The molecule has 70 valence electrons. The van der Waals surface area contributed by atoms with Crippen molar-refractivity contribution in [2.75, 3.05) is 0 Å². The van der Waals surface area contributed by atoms with Crippen LogP contribution in [-0.2, 0) is 0 Å². The Labute approximate surface area is 80.6 Å². The van der Waals surface area contributed by atoms with E-state index in [0.29, 0.717) is 6.29 Å². The van der Waals surface area contributed by atoms with E-state index in [4.69, 9.17) is 4.42 Å². The Morgan fingerprint density at radius 3 is 2.71 bits per heavy atom. The minimum Gasteiger partial charge on any atom is -0.507 e. The minimum absolute atomic E-state index is 0.00718. The molecule has 14 heavy (non-hydrogen) atoms. The normalized spacial score (nSPS) is 10.0. The summed E-state index contributed by atoms with van der Waals surface area (Å²) in [6.07, 6.45) is 3.77. The van der Waals surface area contributed by atoms with Gasteiger partial charge in [-0.05, 0) is 23.8 Å². The third-order valence-corrected chi connectivity index (χ3v) is 2.01. The number of carbonyl (C=O) groups excluding carboxylic acids is 1. The van der Waals surface area contributed by atoms with Gasteiger partial charge in [0.05, 0.1) is 18.1 Å². The van der Waals surface area contributed by atoms with Gasteiger partial charge in [-0.25, -0.2) is 0 Å². The molecular weight excluding hydrogens is 180 g/mol. The predicted octanol–water partition coefficient (Wildman–Crippen LogP) is 2.46. The number of hydrogen-bond donors (Lipinski definition) is 1. The molecule has 1 aromatic carbocycles. The van der Waals surface area contributed by atoms with Crippen LogP contribution in [0.1, 0.15) is 10.4 Å². The van der Waals surface area contributed by atoms with Crippen molar-refractivity contribution in [2.45, 2.75) is 0 Å². The van der Waals surface area contributed by atoms with Crippen molar-refractivity contribution in [3.05, 3.63) is 42.4 Å². The molecule has 0 aliphatic rings. The molecule has 3 heteroatoms. The largest absolute Gasteiger partial charge is 0.507 e. The lowest BCUT2D eigenvalue weighted by molar-refractivity contribution is 0.112. The van der Waals surface area contributed by atoms with Gasteiger partial charge < -0.3 is 9.52 Å². The molecule has 0 radical (unpaired) electrons. The molecule has 3 nitrogen and oxygen atoms in total. The van der Waals surface area contributed by atoms with Crippen molar-refractivity contribution < 1.29 is 14.3 Å². The smallest absolute Gasteiger partial charge is 0.153 e. The number of hydrogen-bond acceptors (Lipinski definition) is 3. The third-order valence-electron chi connectivity index (χ3n) is 2.01. The van der Waals surface area contributed by atoms with Gasteiger partial charge in [-0.1, -0.05) is 6.07 Å². The zero-order valence-corrected chi connectivity index (χ0v) is 7.31. The highest BCUT2D eigenvalue weighted by Gasteiger charge is 2.03. The van der Waals surface area contributed by atoms with Crippen LogP contribution in [0.25, 0.3) is 11.1 Å². The van der Waals surface area contributed by atoms with Gasteiger partial charge >= 0.3 is 0 Å². The van der Waals surface area contributed by atoms with Crippen LogP contribution in [0.3, 0.4) is 0 Å². The first-order valence-electron chi connectivity index (χ1n) is 4.12. The lowest BCUT2D eigenvalue weighted by Crippen LogP contribution is -1.82. The standard InChI is InChI=1S/C11H8O3/c12-6-10-5-8(1-2-11(10)13)9-3-4-14-7-9/h1-7,13H. The van der Waals surface area contributed by atoms with Gasteiger partial charge in [0.2, 0.25) is 0 Å². The summed E-state index contributed by atoms with van der Waals surface area (Å²) in [5, 5.41) is 9.28. The first kappa shape index (κ1) is 8.56. The van der Waals surface area contributed by atoms with Crippen molar-refractivity contribution in [1.82, 2.24) is 0 Å². The van der Waals surface area contributed by atoms with Crippen LogP contribution in [-0.4, -0.2) is 11.4 Å². The molecule has 0 saturated heterocycles. The van der Waals surface area contributed by atoms with Crippen LogP contribution < -0.4 is 0 Å². The Morgan fingerprint density at radius 2 is 2.07 bits per heavy atom. The summed E-state index contributed by atoms with van der Waals surface area (Å²) in [7, 11) is 0. The summed E-state index contributed by atoms with van der Waals surface area (Å²) in [5.74, 6) is -0.00718. The molecule has 2 aromatic rings. The highest BCUT2D eigenvalue weighted by Crippen LogP contribution is 2.24. The van der Waals surface area contributed by atoms with Crippen LogP contribution in [0.15, 0.2) is 41.2 Å². The van der Waals surface area contributed by atoms with Gasteiger partial charge in [0.1, 0.15) is 5.75 Å². The van der Waals surface area contributed by atoms with Gasteiger partial charge in [-0.3, -0.25) is 4.79 Å². The van der Waals surface area contributed by atoms with Crippen molar-refractivity contribution in [3.63, 3.8) is 0 Å². The maximum atomic E-state index is 10.6. The second kappa shape index (κ2) is 3.38. The fourth-order valence-corrected chi connectivity index (χ4v) is 1.26. The number of carbonyl (C=O) groups is 1. The molecule has 0 atom stereocenters. The van der Waals surface area contributed by atoms with Gasteiger partial charge in [-0.2, -0.15) is 0 Å². The number of phenolic OH excluding ortho intramolecular Hbond substituents is 1. The molecule has 0 unspecified atom stereocenters. The molecule has 0 aliphatic heterocycles. The molecular formula is C11H8O3. The van der Waals surface area contributed by atoms with Crippen molar-refractivity contribution in [3.8, 4) is 16.9 Å². The zero-order chi connectivity index (χ0) is 9.97. The first-order valence-corrected chi connectivity index (χ1v) is 4.12. The Hall–Kier alpha value is -2.03. The lowest BCUT2D eigenvalue weighted by atomic mass is 10.1. The molecule has 0 fully saturated rings. The van der Waals surface area contributed by atoms with E-state index in [-0.39, 0.29) is 11.3 Å².